The van der Waals surface area contributed by atoms with Crippen molar-refractivity contribution < 1.29 is 14.3 Å². The Labute approximate surface area is 124 Å². The molecule has 0 aromatic heterocycles. The summed E-state index contributed by atoms with van der Waals surface area (Å²) in [4.78, 5) is 14.3. The van der Waals surface area contributed by atoms with Gasteiger partial charge in [-0.25, -0.2) is 0 Å². The van der Waals surface area contributed by atoms with Crippen LogP contribution in [0.3, 0.4) is 0 Å². The first kappa shape index (κ1) is 16.8. The van der Waals surface area contributed by atoms with Gasteiger partial charge in [0.05, 0.1) is 30.0 Å². The number of benzene rings is 1. The topological polar surface area (TPSA) is 64.8 Å². The van der Waals surface area contributed by atoms with Crippen LogP contribution in [0.4, 0.5) is 5.69 Å². The van der Waals surface area contributed by atoms with E-state index in [-0.39, 0.29) is 11.9 Å². The number of halogens is 1. The number of anilines is 1. The molecule has 0 spiro atoms. The van der Waals surface area contributed by atoms with Gasteiger partial charge in [0.1, 0.15) is 0 Å². The van der Waals surface area contributed by atoms with Gasteiger partial charge in [-0.1, -0.05) is 11.6 Å². The Morgan fingerprint density at radius 2 is 2.10 bits per heavy atom. The summed E-state index contributed by atoms with van der Waals surface area (Å²) >= 11 is 5.87. The molecule has 0 aliphatic carbocycles. The Morgan fingerprint density at radius 3 is 2.65 bits per heavy atom. The maximum Gasteiger partial charge on any atom is 0.254 e. The van der Waals surface area contributed by atoms with Crippen molar-refractivity contribution in [1.82, 2.24) is 4.90 Å². The summed E-state index contributed by atoms with van der Waals surface area (Å²) < 4.78 is 10.2. The second-order valence-electron chi connectivity index (χ2n) is 4.53. The molecule has 0 aliphatic rings. The maximum atomic E-state index is 12.5. The average Bonchev–Trinajstić information content (AvgIpc) is 2.42. The van der Waals surface area contributed by atoms with E-state index in [4.69, 9.17) is 26.8 Å². The molecule has 1 atom stereocenters. The number of nitrogen functional groups attached to an aromatic ring is 1. The highest BCUT2D eigenvalue weighted by atomic mass is 35.5. The molecule has 112 valence electrons. The summed E-state index contributed by atoms with van der Waals surface area (Å²) in [6.07, 6.45) is 0. The first-order valence-electron chi connectivity index (χ1n) is 6.35. The minimum Gasteiger partial charge on any atom is -0.398 e. The van der Waals surface area contributed by atoms with Crippen LogP contribution in [-0.4, -0.2) is 50.8 Å². The molecule has 0 saturated heterocycles. The molecule has 5 nitrogen and oxygen atoms in total. The van der Waals surface area contributed by atoms with Crippen LogP contribution in [0.15, 0.2) is 18.2 Å². The first-order chi connectivity index (χ1) is 9.51. The summed E-state index contributed by atoms with van der Waals surface area (Å²) in [7, 11) is 3.21. The van der Waals surface area contributed by atoms with Gasteiger partial charge in [0, 0.05) is 26.3 Å². The quantitative estimate of drug-likeness (QED) is 0.783. The SMILES string of the molecule is COCCN(C(=O)c1ccc(Cl)c(N)c1)C(C)COC. The van der Waals surface area contributed by atoms with E-state index in [1.54, 1.807) is 37.3 Å². The molecule has 1 rings (SSSR count). The van der Waals surface area contributed by atoms with Crippen molar-refractivity contribution in [1.29, 1.82) is 0 Å². The van der Waals surface area contributed by atoms with E-state index in [0.717, 1.165) is 0 Å². The van der Waals surface area contributed by atoms with Gasteiger partial charge in [0.2, 0.25) is 0 Å². The van der Waals surface area contributed by atoms with Crippen LogP contribution in [0.25, 0.3) is 0 Å². The van der Waals surface area contributed by atoms with Crippen LogP contribution in [0.5, 0.6) is 0 Å². The number of ether oxygens (including phenoxy) is 2. The molecule has 2 N–H and O–H groups in total. The minimum absolute atomic E-state index is 0.0560. The van der Waals surface area contributed by atoms with Gasteiger partial charge < -0.3 is 20.1 Å². The largest absolute Gasteiger partial charge is 0.398 e. The molecule has 0 aliphatic heterocycles. The summed E-state index contributed by atoms with van der Waals surface area (Å²) in [5, 5.41) is 0.440. The highest BCUT2D eigenvalue weighted by Crippen LogP contribution is 2.21. The fourth-order valence-electron chi connectivity index (χ4n) is 1.89. The molecule has 0 heterocycles. The van der Waals surface area contributed by atoms with Crippen LogP contribution >= 0.6 is 11.6 Å². The standard InChI is InChI=1S/C14H21ClN2O3/c1-10(9-20-3)17(6-7-19-2)14(18)11-4-5-12(15)13(16)8-11/h4-5,8,10H,6-7,9,16H2,1-3H3. The van der Waals surface area contributed by atoms with E-state index in [1.165, 1.54) is 0 Å². The third kappa shape index (κ3) is 4.37. The number of carbonyl (C=O) groups is 1. The number of rotatable bonds is 7. The average molecular weight is 301 g/mol. The van der Waals surface area contributed by atoms with Crippen LogP contribution < -0.4 is 5.73 Å². The van der Waals surface area contributed by atoms with Crippen molar-refractivity contribution in [3.8, 4) is 0 Å². The third-order valence-electron chi connectivity index (χ3n) is 2.98. The molecule has 0 fully saturated rings. The fraction of sp³-hybridized carbons (Fsp3) is 0.500. The van der Waals surface area contributed by atoms with Gasteiger partial charge in [0.15, 0.2) is 0 Å². The van der Waals surface area contributed by atoms with E-state index in [0.29, 0.717) is 36.0 Å². The third-order valence-corrected chi connectivity index (χ3v) is 3.32. The van der Waals surface area contributed by atoms with Crippen LogP contribution in [0.1, 0.15) is 17.3 Å². The number of hydrogen-bond acceptors (Lipinski definition) is 4. The van der Waals surface area contributed by atoms with Crippen molar-refractivity contribution in [2.45, 2.75) is 13.0 Å². The Kier molecular flexibility index (Phi) is 6.78. The highest BCUT2D eigenvalue weighted by Gasteiger charge is 2.21. The molecule has 20 heavy (non-hydrogen) atoms. The zero-order chi connectivity index (χ0) is 15.1. The molecule has 1 amide bonds. The van der Waals surface area contributed by atoms with Gasteiger partial charge in [-0.3, -0.25) is 4.79 Å². The number of hydrogen-bond donors (Lipinski definition) is 1. The predicted octanol–water partition coefficient (Wildman–Crippen LogP) is 2.05. The second kappa shape index (κ2) is 8.09. The van der Waals surface area contributed by atoms with Crippen molar-refractivity contribution in [2.75, 3.05) is 39.7 Å². The molecular formula is C14H21ClN2O3. The lowest BCUT2D eigenvalue weighted by Gasteiger charge is -2.28. The van der Waals surface area contributed by atoms with E-state index >= 15 is 0 Å². The second-order valence-corrected chi connectivity index (χ2v) is 4.94. The molecule has 6 heteroatoms. The van der Waals surface area contributed by atoms with Crippen molar-refractivity contribution in [2.24, 2.45) is 0 Å². The van der Waals surface area contributed by atoms with Gasteiger partial charge in [-0.2, -0.15) is 0 Å². The monoisotopic (exact) mass is 300 g/mol. The molecule has 0 bridgehead atoms. The number of nitrogens with two attached hydrogens (primary N) is 1. The Hall–Kier alpha value is -1.30. The summed E-state index contributed by atoms with van der Waals surface area (Å²) in [6, 6.07) is 4.82. The predicted molar refractivity (Wildman–Crippen MR) is 80.1 cm³/mol. The molecule has 1 unspecified atom stereocenters. The van der Waals surface area contributed by atoms with Crippen LogP contribution in [0, 0.1) is 0 Å². The lowest BCUT2D eigenvalue weighted by atomic mass is 10.1. The molecule has 1 aromatic rings. The number of methoxy groups -OCH3 is 2. The lowest BCUT2D eigenvalue weighted by Crippen LogP contribution is -2.43. The van der Waals surface area contributed by atoms with E-state index in [1.807, 2.05) is 6.92 Å². The summed E-state index contributed by atoms with van der Waals surface area (Å²) in [6.45, 7) is 3.33. The van der Waals surface area contributed by atoms with Crippen molar-refractivity contribution in [3.05, 3.63) is 28.8 Å². The van der Waals surface area contributed by atoms with Gasteiger partial charge in [0.25, 0.3) is 5.91 Å². The van der Waals surface area contributed by atoms with Gasteiger partial charge in [-0.15, -0.1) is 0 Å². The first-order valence-corrected chi connectivity index (χ1v) is 6.73. The lowest BCUT2D eigenvalue weighted by molar-refractivity contribution is 0.0479. The minimum atomic E-state index is -0.116. The molecule has 0 saturated carbocycles. The van der Waals surface area contributed by atoms with Crippen molar-refractivity contribution >= 4 is 23.2 Å². The van der Waals surface area contributed by atoms with Crippen LogP contribution in [0.2, 0.25) is 5.02 Å². The normalized spacial score (nSPS) is 12.2. The Balaban J connectivity index is 2.93. The smallest absolute Gasteiger partial charge is 0.254 e. The Bertz CT molecular complexity index is 454. The van der Waals surface area contributed by atoms with Gasteiger partial charge >= 0.3 is 0 Å². The van der Waals surface area contributed by atoms with E-state index < -0.39 is 0 Å². The maximum absolute atomic E-state index is 12.5. The van der Waals surface area contributed by atoms with Crippen molar-refractivity contribution in [3.63, 3.8) is 0 Å². The zero-order valence-electron chi connectivity index (χ0n) is 12.1. The number of carbonyl (C=O) groups excluding carboxylic acids is 1. The Morgan fingerprint density at radius 1 is 1.40 bits per heavy atom. The molecule has 0 radical (unpaired) electrons. The summed E-state index contributed by atoms with van der Waals surface area (Å²) in [5.74, 6) is -0.116. The summed E-state index contributed by atoms with van der Waals surface area (Å²) in [5.41, 5.74) is 6.64. The zero-order valence-corrected chi connectivity index (χ0v) is 12.8. The molecule has 1 aromatic carbocycles. The number of amides is 1. The van der Waals surface area contributed by atoms with Crippen LogP contribution in [-0.2, 0) is 9.47 Å². The van der Waals surface area contributed by atoms with E-state index in [2.05, 4.69) is 0 Å². The number of nitrogens with zero attached hydrogens (tertiary/aromatic N) is 1. The fourth-order valence-corrected chi connectivity index (χ4v) is 2.00. The van der Waals surface area contributed by atoms with E-state index in [9.17, 15) is 4.79 Å². The highest BCUT2D eigenvalue weighted by molar-refractivity contribution is 6.33. The van der Waals surface area contributed by atoms with Gasteiger partial charge in [-0.05, 0) is 25.1 Å². The molecular weight excluding hydrogens is 280 g/mol.